The molecule has 3 aromatic rings. The Bertz CT molecular complexity index is 627. The fourth-order valence-corrected chi connectivity index (χ4v) is 1.73. The minimum absolute atomic E-state index is 0. The van der Waals surface area contributed by atoms with Gasteiger partial charge in [-0.3, -0.25) is 0 Å². The van der Waals surface area contributed by atoms with Crippen molar-refractivity contribution in [3.8, 4) is 22.8 Å². The minimum Gasteiger partial charge on any atom is -0.508 e. The van der Waals surface area contributed by atoms with Crippen molar-refractivity contribution in [3.63, 3.8) is 0 Å². The van der Waals surface area contributed by atoms with Gasteiger partial charge in [0.05, 0.1) is 5.69 Å². The molecular weight excluding hydrogens is 252 g/mol. The zero-order valence-electron chi connectivity index (χ0n) is 10.4. The van der Waals surface area contributed by atoms with Gasteiger partial charge in [-0.25, -0.2) is 0 Å². The Hall–Kier alpha value is -2.69. The van der Waals surface area contributed by atoms with Gasteiger partial charge in [-0.05, 0) is 36.4 Å². The fraction of sp³-hybridized carbons (Fsp3) is 0.133. The van der Waals surface area contributed by atoms with Crippen molar-refractivity contribution in [1.82, 2.24) is 20.2 Å². The van der Waals surface area contributed by atoms with E-state index in [0.29, 0.717) is 5.82 Å². The van der Waals surface area contributed by atoms with Gasteiger partial charge in [0.25, 0.3) is 0 Å². The fourth-order valence-electron chi connectivity index (χ4n) is 1.73. The summed E-state index contributed by atoms with van der Waals surface area (Å²) in [6, 6.07) is 14.6. The lowest BCUT2D eigenvalue weighted by Gasteiger charge is -1.98. The summed E-state index contributed by atoms with van der Waals surface area (Å²) in [6.45, 7) is 2.03. The maximum Gasteiger partial charge on any atom is 0.205 e. The van der Waals surface area contributed by atoms with Gasteiger partial charge in [0.1, 0.15) is 5.75 Å². The quantitative estimate of drug-likeness (QED) is 0.776. The van der Waals surface area contributed by atoms with Crippen LogP contribution in [0.2, 0.25) is 0 Å². The molecule has 20 heavy (non-hydrogen) atoms. The maximum atomic E-state index is 9.25. The molecule has 0 bridgehead atoms. The molecule has 0 atom stereocenters. The summed E-state index contributed by atoms with van der Waals surface area (Å²) >= 11 is 0. The topological polar surface area (TPSA) is 63.8 Å². The minimum atomic E-state index is 0. The first-order valence-corrected chi connectivity index (χ1v) is 5.89. The third kappa shape index (κ3) is 2.66. The standard InChI is InChI=1S/C14H12N4O.CH4/c1-10-2-4-11(5-3-10)14-15-17-18(16-14)12-6-8-13(19)9-7-12;/h2-9,19H,1H3;1H4. The molecule has 2 aromatic carbocycles. The highest BCUT2D eigenvalue weighted by Crippen LogP contribution is 2.16. The van der Waals surface area contributed by atoms with E-state index in [2.05, 4.69) is 15.4 Å². The van der Waals surface area contributed by atoms with Crippen molar-refractivity contribution in [1.29, 1.82) is 0 Å². The largest absolute Gasteiger partial charge is 0.508 e. The van der Waals surface area contributed by atoms with Crippen LogP contribution in [0.3, 0.4) is 0 Å². The van der Waals surface area contributed by atoms with Crippen LogP contribution in [0.1, 0.15) is 13.0 Å². The molecule has 0 aliphatic heterocycles. The molecule has 5 nitrogen and oxygen atoms in total. The van der Waals surface area contributed by atoms with E-state index in [1.807, 2.05) is 31.2 Å². The molecule has 1 aromatic heterocycles. The Morgan fingerprint density at radius 1 is 0.950 bits per heavy atom. The van der Waals surface area contributed by atoms with Gasteiger partial charge in [0.15, 0.2) is 0 Å². The van der Waals surface area contributed by atoms with Crippen LogP contribution in [-0.2, 0) is 0 Å². The molecule has 0 aliphatic rings. The van der Waals surface area contributed by atoms with Crippen LogP contribution in [0.4, 0.5) is 0 Å². The number of phenols is 1. The van der Waals surface area contributed by atoms with Crippen molar-refractivity contribution < 1.29 is 5.11 Å². The summed E-state index contributed by atoms with van der Waals surface area (Å²) in [5.74, 6) is 0.788. The molecule has 0 aliphatic carbocycles. The second-order valence-corrected chi connectivity index (χ2v) is 4.28. The zero-order valence-corrected chi connectivity index (χ0v) is 10.4. The smallest absolute Gasteiger partial charge is 0.205 e. The number of rotatable bonds is 2. The highest BCUT2D eigenvalue weighted by Gasteiger charge is 2.06. The van der Waals surface area contributed by atoms with E-state index in [1.165, 1.54) is 10.4 Å². The molecule has 3 rings (SSSR count). The summed E-state index contributed by atoms with van der Waals surface area (Å²) in [5.41, 5.74) is 2.87. The lowest BCUT2D eigenvalue weighted by Crippen LogP contribution is -1.98. The van der Waals surface area contributed by atoms with Crippen molar-refractivity contribution in [2.75, 3.05) is 0 Å². The first-order valence-electron chi connectivity index (χ1n) is 5.89. The molecule has 0 saturated heterocycles. The van der Waals surface area contributed by atoms with Crippen LogP contribution in [0, 0.1) is 6.92 Å². The number of hydrogen-bond donors (Lipinski definition) is 1. The van der Waals surface area contributed by atoms with E-state index < -0.39 is 0 Å². The van der Waals surface area contributed by atoms with Crippen LogP contribution in [0.25, 0.3) is 17.1 Å². The molecule has 0 spiro atoms. The zero-order chi connectivity index (χ0) is 13.2. The van der Waals surface area contributed by atoms with Gasteiger partial charge < -0.3 is 5.11 Å². The van der Waals surface area contributed by atoms with Gasteiger partial charge >= 0.3 is 0 Å². The number of aromatic nitrogens is 4. The third-order valence-corrected chi connectivity index (χ3v) is 2.80. The number of aromatic hydroxyl groups is 1. The number of hydrogen-bond acceptors (Lipinski definition) is 4. The summed E-state index contributed by atoms with van der Waals surface area (Å²) in [4.78, 5) is 1.44. The molecule has 0 unspecified atom stereocenters. The van der Waals surface area contributed by atoms with E-state index in [1.54, 1.807) is 24.3 Å². The Kier molecular flexibility index (Phi) is 3.79. The Labute approximate surface area is 117 Å². The highest BCUT2D eigenvalue weighted by molar-refractivity contribution is 5.54. The van der Waals surface area contributed by atoms with Gasteiger partial charge in [0.2, 0.25) is 5.82 Å². The number of nitrogens with zero attached hydrogens (tertiary/aromatic N) is 4. The van der Waals surface area contributed by atoms with E-state index in [4.69, 9.17) is 0 Å². The Morgan fingerprint density at radius 3 is 2.25 bits per heavy atom. The lowest BCUT2D eigenvalue weighted by atomic mass is 10.1. The van der Waals surface area contributed by atoms with Crippen LogP contribution in [-0.4, -0.2) is 25.3 Å². The van der Waals surface area contributed by atoms with Crippen LogP contribution in [0.5, 0.6) is 5.75 Å². The van der Waals surface area contributed by atoms with E-state index in [9.17, 15) is 5.11 Å². The number of aryl methyl sites for hydroxylation is 1. The van der Waals surface area contributed by atoms with Gasteiger partial charge in [0, 0.05) is 5.56 Å². The van der Waals surface area contributed by atoms with Crippen LogP contribution < -0.4 is 0 Å². The van der Waals surface area contributed by atoms with E-state index in [0.717, 1.165) is 11.3 Å². The van der Waals surface area contributed by atoms with Crippen LogP contribution in [0.15, 0.2) is 48.5 Å². The Balaban J connectivity index is 0.00000147. The van der Waals surface area contributed by atoms with E-state index >= 15 is 0 Å². The molecule has 5 heteroatoms. The Morgan fingerprint density at radius 2 is 1.60 bits per heavy atom. The molecular formula is C15H16N4O. The highest BCUT2D eigenvalue weighted by atomic mass is 16.3. The number of benzene rings is 2. The van der Waals surface area contributed by atoms with Crippen molar-refractivity contribution in [2.45, 2.75) is 14.4 Å². The van der Waals surface area contributed by atoms with Crippen molar-refractivity contribution in [3.05, 3.63) is 54.1 Å². The SMILES string of the molecule is C.Cc1ccc(-c2nnn(-c3ccc(O)cc3)n2)cc1. The van der Waals surface area contributed by atoms with Gasteiger partial charge in [-0.1, -0.05) is 37.3 Å². The predicted molar refractivity (Wildman–Crippen MR) is 77.7 cm³/mol. The number of phenolic OH excluding ortho intramolecular Hbond substituents is 1. The molecule has 0 radical (unpaired) electrons. The van der Waals surface area contributed by atoms with Gasteiger partial charge in [-0.15, -0.1) is 15.0 Å². The molecule has 1 N–H and O–H groups in total. The first kappa shape index (κ1) is 13.7. The second kappa shape index (κ2) is 5.52. The first-order chi connectivity index (χ1) is 9.22. The summed E-state index contributed by atoms with van der Waals surface area (Å²) in [7, 11) is 0. The third-order valence-electron chi connectivity index (χ3n) is 2.80. The van der Waals surface area contributed by atoms with Crippen molar-refractivity contribution in [2.24, 2.45) is 0 Å². The van der Waals surface area contributed by atoms with Gasteiger partial charge in [-0.2, -0.15) is 0 Å². The average molecular weight is 268 g/mol. The summed E-state index contributed by atoms with van der Waals surface area (Å²) < 4.78 is 0. The van der Waals surface area contributed by atoms with Crippen molar-refractivity contribution >= 4 is 0 Å². The monoisotopic (exact) mass is 268 g/mol. The molecule has 0 saturated carbocycles. The number of tetrazole rings is 1. The molecule has 1 heterocycles. The summed E-state index contributed by atoms with van der Waals surface area (Å²) in [5, 5.41) is 21.6. The molecule has 0 fully saturated rings. The maximum absolute atomic E-state index is 9.25. The average Bonchev–Trinajstić information content (AvgIpc) is 2.90. The molecule has 0 amide bonds. The molecule has 102 valence electrons. The van der Waals surface area contributed by atoms with Crippen LogP contribution >= 0.6 is 0 Å². The normalized spacial score (nSPS) is 10.1. The summed E-state index contributed by atoms with van der Waals surface area (Å²) in [6.07, 6.45) is 0. The second-order valence-electron chi connectivity index (χ2n) is 4.28. The van der Waals surface area contributed by atoms with E-state index in [-0.39, 0.29) is 13.2 Å². The lowest BCUT2D eigenvalue weighted by molar-refractivity contribution is 0.475. The predicted octanol–water partition coefficient (Wildman–Crippen LogP) is 2.98.